The fourth-order valence-electron chi connectivity index (χ4n) is 4.07. The predicted molar refractivity (Wildman–Crippen MR) is 145 cm³/mol. The van der Waals surface area contributed by atoms with Gasteiger partial charge in [0.25, 0.3) is 11.8 Å². The number of aromatic nitrogens is 2. The van der Waals surface area contributed by atoms with Gasteiger partial charge in [-0.05, 0) is 54.6 Å². The van der Waals surface area contributed by atoms with Gasteiger partial charge >= 0.3 is 0 Å². The number of thiophene rings is 1. The molecule has 192 valence electrons. The molecule has 2 N–H and O–H groups in total. The molecule has 1 unspecified atom stereocenters. The molecular formula is C27H22ClN5O4S. The molecule has 0 radical (unpaired) electrons. The number of pyridine rings is 2. The van der Waals surface area contributed by atoms with E-state index >= 15 is 0 Å². The predicted octanol–water partition coefficient (Wildman–Crippen LogP) is 4.66. The van der Waals surface area contributed by atoms with Crippen LogP contribution in [0.1, 0.15) is 30.6 Å². The van der Waals surface area contributed by atoms with Gasteiger partial charge in [-0.1, -0.05) is 17.7 Å². The number of ether oxygens (including phenoxy) is 1. The Morgan fingerprint density at radius 1 is 1.13 bits per heavy atom. The van der Waals surface area contributed by atoms with Crippen LogP contribution < -0.4 is 15.4 Å². The second kappa shape index (κ2) is 11.0. The standard InChI is InChI=1S/C27H22ClN5O4S/c1-37-18-6-10-24(30-14-18)32-26(35)23-9-7-19(38-23)15-33-22(13-17-4-2-3-11-29-17)25(34)31-21-12-16(28)5-8-20(21)27(33)36/h2-12,14,22H,13,15H2,1H3,(H,31,34)(H,30,32,35). The number of anilines is 2. The fourth-order valence-corrected chi connectivity index (χ4v) is 5.14. The van der Waals surface area contributed by atoms with Crippen LogP contribution in [-0.4, -0.2) is 45.7 Å². The Morgan fingerprint density at radius 2 is 2.00 bits per heavy atom. The van der Waals surface area contributed by atoms with Crippen molar-refractivity contribution in [2.75, 3.05) is 17.7 Å². The van der Waals surface area contributed by atoms with Gasteiger partial charge in [0.2, 0.25) is 5.91 Å². The highest BCUT2D eigenvalue weighted by Crippen LogP contribution is 2.30. The van der Waals surface area contributed by atoms with Crippen LogP contribution in [-0.2, 0) is 17.8 Å². The van der Waals surface area contributed by atoms with Crippen molar-refractivity contribution in [3.8, 4) is 5.75 Å². The number of hydrogen-bond donors (Lipinski definition) is 2. The van der Waals surface area contributed by atoms with Crippen LogP contribution in [0, 0.1) is 0 Å². The maximum absolute atomic E-state index is 13.7. The maximum atomic E-state index is 13.7. The van der Waals surface area contributed by atoms with E-state index < -0.39 is 6.04 Å². The number of rotatable bonds is 7. The smallest absolute Gasteiger partial charge is 0.266 e. The van der Waals surface area contributed by atoms with Crippen LogP contribution >= 0.6 is 22.9 Å². The number of amides is 3. The number of carbonyl (C=O) groups is 3. The van der Waals surface area contributed by atoms with E-state index in [-0.39, 0.29) is 30.7 Å². The Bertz CT molecular complexity index is 1490. The molecule has 0 fully saturated rings. The van der Waals surface area contributed by atoms with E-state index in [1.807, 2.05) is 12.1 Å². The van der Waals surface area contributed by atoms with Gasteiger partial charge < -0.3 is 20.3 Å². The largest absolute Gasteiger partial charge is 0.495 e. The quantitative estimate of drug-likeness (QED) is 0.348. The first-order chi connectivity index (χ1) is 18.4. The zero-order valence-electron chi connectivity index (χ0n) is 20.2. The molecule has 0 saturated carbocycles. The third-order valence-corrected chi connectivity index (χ3v) is 7.27. The van der Waals surface area contributed by atoms with Crippen LogP contribution in [0.15, 0.2) is 73.1 Å². The van der Waals surface area contributed by atoms with Crippen LogP contribution in [0.5, 0.6) is 5.75 Å². The first-order valence-corrected chi connectivity index (χ1v) is 12.8. The second-order valence-corrected chi connectivity index (χ2v) is 10.1. The van der Waals surface area contributed by atoms with E-state index in [9.17, 15) is 14.4 Å². The van der Waals surface area contributed by atoms with Gasteiger partial charge in [0.15, 0.2) is 0 Å². The third kappa shape index (κ3) is 5.51. The Hall–Kier alpha value is -4.28. The zero-order chi connectivity index (χ0) is 26.6. The highest BCUT2D eigenvalue weighted by Gasteiger charge is 2.36. The Morgan fingerprint density at radius 3 is 2.74 bits per heavy atom. The molecule has 3 amide bonds. The van der Waals surface area contributed by atoms with Crippen molar-refractivity contribution in [2.45, 2.75) is 19.0 Å². The first kappa shape index (κ1) is 25.4. The summed E-state index contributed by atoms with van der Waals surface area (Å²) in [5.74, 6) is -0.0285. The SMILES string of the molecule is COc1ccc(NC(=O)c2ccc(CN3C(=O)c4ccc(Cl)cc4NC(=O)C3Cc3ccccn3)s2)nc1. The summed E-state index contributed by atoms with van der Waals surface area (Å²) in [6.45, 7) is 0.130. The van der Waals surface area contributed by atoms with Crippen LogP contribution in [0.3, 0.4) is 0 Å². The molecule has 1 aliphatic rings. The van der Waals surface area contributed by atoms with Gasteiger partial charge in [-0.2, -0.15) is 0 Å². The summed E-state index contributed by atoms with van der Waals surface area (Å²) in [6.07, 6.45) is 3.38. The summed E-state index contributed by atoms with van der Waals surface area (Å²) in [5.41, 5.74) is 1.37. The highest BCUT2D eigenvalue weighted by molar-refractivity contribution is 7.14. The fraction of sp³-hybridized carbons (Fsp3) is 0.148. The lowest BCUT2D eigenvalue weighted by atomic mass is 10.1. The minimum absolute atomic E-state index is 0.130. The van der Waals surface area contributed by atoms with E-state index in [1.165, 1.54) is 29.5 Å². The lowest BCUT2D eigenvalue weighted by molar-refractivity contribution is -0.120. The number of benzene rings is 1. The van der Waals surface area contributed by atoms with Gasteiger partial charge in [0.05, 0.1) is 36.0 Å². The van der Waals surface area contributed by atoms with Gasteiger partial charge in [-0.25, -0.2) is 4.98 Å². The monoisotopic (exact) mass is 547 g/mol. The summed E-state index contributed by atoms with van der Waals surface area (Å²) < 4.78 is 5.09. The van der Waals surface area contributed by atoms with Gasteiger partial charge in [-0.3, -0.25) is 19.4 Å². The highest BCUT2D eigenvalue weighted by atomic mass is 35.5. The number of halogens is 1. The molecule has 0 saturated heterocycles. The number of fused-ring (bicyclic) bond motifs is 1. The number of nitrogens with zero attached hydrogens (tertiary/aromatic N) is 3. The molecule has 4 aromatic rings. The number of nitrogens with one attached hydrogen (secondary N) is 2. The molecule has 0 spiro atoms. The maximum Gasteiger partial charge on any atom is 0.266 e. The average Bonchev–Trinajstić information content (AvgIpc) is 3.37. The molecule has 1 aliphatic heterocycles. The lowest BCUT2D eigenvalue weighted by Gasteiger charge is -2.28. The third-order valence-electron chi connectivity index (χ3n) is 5.96. The van der Waals surface area contributed by atoms with Crippen molar-refractivity contribution in [3.63, 3.8) is 0 Å². The molecule has 38 heavy (non-hydrogen) atoms. The topological polar surface area (TPSA) is 114 Å². The molecule has 1 aromatic carbocycles. The van der Waals surface area contributed by atoms with Gasteiger partial charge in [-0.15, -0.1) is 11.3 Å². The normalized spacial score (nSPS) is 14.9. The van der Waals surface area contributed by atoms with Crippen molar-refractivity contribution in [1.29, 1.82) is 0 Å². The molecule has 4 heterocycles. The zero-order valence-corrected chi connectivity index (χ0v) is 21.8. The summed E-state index contributed by atoms with van der Waals surface area (Å²) >= 11 is 7.37. The molecule has 9 nitrogen and oxygen atoms in total. The van der Waals surface area contributed by atoms with Crippen LogP contribution in [0.25, 0.3) is 0 Å². The average molecular weight is 548 g/mol. The van der Waals surface area contributed by atoms with E-state index in [4.69, 9.17) is 16.3 Å². The molecule has 3 aromatic heterocycles. The number of methoxy groups -OCH3 is 1. The Labute approximate surface area is 227 Å². The van der Waals surface area contributed by atoms with Crippen molar-refractivity contribution < 1.29 is 19.1 Å². The molecule has 5 rings (SSSR count). The summed E-state index contributed by atoms with van der Waals surface area (Å²) in [6, 6.07) is 16.2. The lowest BCUT2D eigenvalue weighted by Crippen LogP contribution is -2.46. The Kier molecular flexibility index (Phi) is 7.34. The minimum atomic E-state index is -0.827. The van der Waals surface area contributed by atoms with E-state index in [1.54, 1.807) is 54.7 Å². The van der Waals surface area contributed by atoms with Gasteiger partial charge in [0, 0.05) is 28.2 Å². The Balaban J connectivity index is 1.41. The van der Waals surface area contributed by atoms with Crippen molar-refractivity contribution in [1.82, 2.24) is 14.9 Å². The van der Waals surface area contributed by atoms with E-state index in [0.717, 1.165) is 4.88 Å². The molecule has 0 aliphatic carbocycles. The first-order valence-electron chi connectivity index (χ1n) is 11.6. The summed E-state index contributed by atoms with van der Waals surface area (Å²) in [4.78, 5) is 51.1. The van der Waals surface area contributed by atoms with Crippen molar-refractivity contribution in [3.05, 3.63) is 99.1 Å². The van der Waals surface area contributed by atoms with E-state index in [0.29, 0.717) is 38.4 Å². The van der Waals surface area contributed by atoms with Crippen LogP contribution in [0.4, 0.5) is 11.5 Å². The summed E-state index contributed by atoms with van der Waals surface area (Å²) in [5, 5.41) is 6.01. The molecule has 0 bridgehead atoms. The van der Waals surface area contributed by atoms with E-state index in [2.05, 4.69) is 20.6 Å². The second-order valence-electron chi connectivity index (χ2n) is 8.46. The molecule has 11 heteroatoms. The molecular weight excluding hydrogens is 526 g/mol. The van der Waals surface area contributed by atoms with Gasteiger partial charge in [0.1, 0.15) is 17.6 Å². The number of hydrogen-bond acceptors (Lipinski definition) is 7. The van der Waals surface area contributed by atoms with Crippen molar-refractivity contribution in [2.24, 2.45) is 0 Å². The number of carbonyl (C=O) groups excluding carboxylic acids is 3. The summed E-state index contributed by atoms with van der Waals surface area (Å²) in [7, 11) is 1.54. The van der Waals surface area contributed by atoms with Crippen LogP contribution in [0.2, 0.25) is 5.02 Å². The minimum Gasteiger partial charge on any atom is -0.495 e. The molecule has 1 atom stereocenters. The van der Waals surface area contributed by atoms with Crippen molar-refractivity contribution >= 4 is 52.2 Å².